The number of carbonyl (C=O) groups is 1. The van der Waals surface area contributed by atoms with E-state index in [4.69, 9.17) is 16.7 Å². The van der Waals surface area contributed by atoms with E-state index in [0.717, 1.165) is 20.7 Å². The van der Waals surface area contributed by atoms with Gasteiger partial charge in [-0.1, -0.05) is 11.6 Å². The van der Waals surface area contributed by atoms with Crippen molar-refractivity contribution >= 4 is 56.6 Å². The lowest BCUT2D eigenvalue weighted by Gasteiger charge is -2.05. The molecule has 0 aliphatic rings. The van der Waals surface area contributed by atoms with Crippen molar-refractivity contribution in [2.45, 2.75) is 4.90 Å². The number of nitrogens with one attached hydrogen (secondary N) is 1. The number of carboxylic acid groups (broad SMARTS) is 1. The van der Waals surface area contributed by atoms with Crippen LogP contribution < -0.4 is 4.72 Å². The van der Waals surface area contributed by atoms with Crippen LogP contribution in [0.2, 0.25) is 5.02 Å². The summed E-state index contributed by atoms with van der Waals surface area (Å²) in [6.45, 7) is 0. The van der Waals surface area contributed by atoms with Crippen molar-refractivity contribution in [1.82, 2.24) is 0 Å². The molecular weight excluding hydrogens is 326 g/mol. The van der Waals surface area contributed by atoms with Crippen molar-refractivity contribution in [1.29, 1.82) is 0 Å². The Morgan fingerprint density at radius 1 is 1.14 bits per heavy atom. The van der Waals surface area contributed by atoms with Gasteiger partial charge in [0.1, 0.15) is 4.88 Å². The van der Waals surface area contributed by atoms with Gasteiger partial charge in [-0.2, -0.15) is 0 Å². The van der Waals surface area contributed by atoms with E-state index in [-0.39, 0.29) is 0 Å². The van der Waals surface area contributed by atoms with Crippen LogP contribution in [0.5, 0.6) is 0 Å². The van der Waals surface area contributed by atoms with Gasteiger partial charge in [-0.15, -0.1) is 11.3 Å². The first-order chi connectivity index (χ1) is 10.1. The van der Waals surface area contributed by atoms with Gasteiger partial charge in [0.05, 0.1) is 0 Å². The summed E-state index contributed by atoms with van der Waals surface area (Å²) in [5.74, 6) is -0.888. The van der Waals surface area contributed by atoms with Crippen LogP contribution in [0, 0.1) is 0 Å². The molecule has 0 unspecified atom stereocenters. The van der Waals surface area contributed by atoms with Gasteiger partial charge in [0.25, 0.3) is 0 Å². The average molecular weight is 336 g/mol. The van der Waals surface area contributed by atoms with Gasteiger partial charge in [-0.05, 0) is 65.9 Å². The molecule has 0 fully saturated rings. The first-order valence-electron chi connectivity index (χ1n) is 6.07. The summed E-state index contributed by atoms with van der Waals surface area (Å²) in [7, 11) is 0. The van der Waals surface area contributed by atoms with Gasteiger partial charge in [0.2, 0.25) is 0 Å². The lowest BCUT2D eigenvalue weighted by atomic mass is 10.2. The molecule has 3 nitrogen and oxygen atoms in total. The SMILES string of the molecule is O=C(O)c1cc2cc(NSc3ccc(Cl)cc3)ccc2s1. The van der Waals surface area contributed by atoms with Crippen molar-refractivity contribution in [3.63, 3.8) is 0 Å². The number of fused-ring (bicyclic) bond motifs is 1. The second-order valence-electron chi connectivity index (χ2n) is 4.33. The Bertz CT molecular complexity index is 799. The fraction of sp³-hybridized carbons (Fsp3) is 0. The van der Waals surface area contributed by atoms with E-state index in [0.29, 0.717) is 9.90 Å². The summed E-state index contributed by atoms with van der Waals surface area (Å²) in [5.41, 5.74) is 0.928. The van der Waals surface area contributed by atoms with Crippen LogP contribution in [-0.4, -0.2) is 11.1 Å². The van der Waals surface area contributed by atoms with E-state index in [9.17, 15) is 4.79 Å². The Balaban J connectivity index is 1.77. The molecule has 0 radical (unpaired) electrons. The summed E-state index contributed by atoms with van der Waals surface area (Å²) in [5, 5.41) is 10.6. The molecule has 0 aliphatic carbocycles. The standard InChI is InChI=1S/C15H10ClNO2S2/c16-10-1-4-12(5-2-10)21-17-11-3-6-13-9(7-11)8-14(20-13)15(18)19/h1-8,17H,(H,18,19). The highest BCUT2D eigenvalue weighted by Crippen LogP contribution is 2.30. The third-order valence-electron chi connectivity index (χ3n) is 2.83. The molecule has 106 valence electrons. The molecule has 1 heterocycles. The molecule has 21 heavy (non-hydrogen) atoms. The molecule has 0 spiro atoms. The van der Waals surface area contributed by atoms with Crippen LogP contribution in [0.1, 0.15) is 9.67 Å². The van der Waals surface area contributed by atoms with Crippen molar-refractivity contribution in [3.8, 4) is 0 Å². The smallest absolute Gasteiger partial charge is 0.345 e. The first kappa shape index (κ1) is 14.3. The van der Waals surface area contributed by atoms with Crippen LogP contribution >= 0.6 is 34.9 Å². The third-order valence-corrected chi connectivity index (χ3v) is 5.03. The highest BCUT2D eigenvalue weighted by molar-refractivity contribution is 8.00. The number of rotatable bonds is 4. The second-order valence-corrected chi connectivity index (χ2v) is 6.73. The fourth-order valence-electron chi connectivity index (χ4n) is 1.83. The molecule has 0 amide bonds. The van der Waals surface area contributed by atoms with Gasteiger partial charge in [-0.25, -0.2) is 4.79 Å². The van der Waals surface area contributed by atoms with Crippen molar-refractivity contribution in [2.24, 2.45) is 0 Å². The fourth-order valence-corrected chi connectivity index (χ4v) is 3.48. The number of thiophene rings is 1. The Hall–Kier alpha value is -1.69. The molecule has 0 atom stereocenters. The Morgan fingerprint density at radius 2 is 1.90 bits per heavy atom. The number of carboxylic acids is 1. The average Bonchev–Trinajstić information content (AvgIpc) is 2.90. The predicted octanol–water partition coefficient (Wildman–Crippen LogP) is 5.37. The molecule has 3 aromatic rings. The third kappa shape index (κ3) is 3.32. The van der Waals surface area contributed by atoms with Crippen LogP contribution in [0.3, 0.4) is 0 Å². The van der Waals surface area contributed by atoms with E-state index in [2.05, 4.69) is 4.72 Å². The summed E-state index contributed by atoms with van der Waals surface area (Å²) in [6.07, 6.45) is 0. The number of hydrogen-bond donors (Lipinski definition) is 2. The monoisotopic (exact) mass is 335 g/mol. The maximum Gasteiger partial charge on any atom is 0.345 e. The van der Waals surface area contributed by atoms with E-state index in [1.54, 1.807) is 6.07 Å². The minimum atomic E-state index is -0.888. The predicted molar refractivity (Wildman–Crippen MR) is 89.7 cm³/mol. The molecule has 2 aromatic carbocycles. The van der Waals surface area contributed by atoms with E-state index in [1.165, 1.54) is 23.3 Å². The maximum absolute atomic E-state index is 11.0. The van der Waals surface area contributed by atoms with E-state index >= 15 is 0 Å². The van der Waals surface area contributed by atoms with Crippen LogP contribution in [0.15, 0.2) is 53.4 Å². The lowest BCUT2D eigenvalue weighted by Crippen LogP contribution is -1.89. The molecule has 0 saturated carbocycles. The van der Waals surface area contributed by atoms with Gasteiger partial charge in [-0.3, -0.25) is 0 Å². The van der Waals surface area contributed by atoms with Crippen molar-refractivity contribution in [3.05, 3.63) is 58.4 Å². The topological polar surface area (TPSA) is 49.3 Å². The van der Waals surface area contributed by atoms with Crippen LogP contribution in [-0.2, 0) is 0 Å². The second kappa shape index (κ2) is 5.97. The van der Waals surface area contributed by atoms with Crippen LogP contribution in [0.4, 0.5) is 5.69 Å². The summed E-state index contributed by atoms with van der Waals surface area (Å²) < 4.78 is 4.21. The van der Waals surface area contributed by atoms with Gasteiger partial charge >= 0.3 is 5.97 Å². The molecule has 0 saturated heterocycles. The normalized spacial score (nSPS) is 10.7. The summed E-state index contributed by atoms with van der Waals surface area (Å²) in [6, 6.07) is 15.1. The molecule has 0 aliphatic heterocycles. The number of halogens is 1. The minimum absolute atomic E-state index is 0.354. The Morgan fingerprint density at radius 3 is 2.62 bits per heavy atom. The molecule has 1 aromatic heterocycles. The van der Waals surface area contributed by atoms with Gasteiger partial charge in [0, 0.05) is 20.3 Å². The molecule has 3 rings (SSSR count). The zero-order valence-corrected chi connectivity index (χ0v) is 13.1. The van der Waals surface area contributed by atoms with Gasteiger partial charge < -0.3 is 9.83 Å². The van der Waals surface area contributed by atoms with Crippen LogP contribution in [0.25, 0.3) is 10.1 Å². The van der Waals surface area contributed by atoms with E-state index in [1.807, 2.05) is 42.5 Å². The number of benzene rings is 2. The lowest BCUT2D eigenvalue weighted by molar-refractivity contribution is 0.0702. The largest absolute Gasteiger partial charge is 0.477 e. The Labute approximate surface area is 134 Å². The highest BCUT2D eigenvalue weighted by Gasteiger charge is 2.08. The highest BCUT2D eigenvalue weighted by atomic mass is 35.5. The number of anilines is 1. The quantitative estimate of drug-likeness (QED) is 0.629. The molecular formula is C15H10ClNO2S2. The van der Waals surface area contributed by atoms with Crippen molar-refractivity contribution < 1.29 is 9.90 Å². The number of hydrogen-bond acceptors (Lipinski definition) is 4. The summed E-state index contributed by atoms with van der Waals surface area (Å²) >= 11 is 8.61. The maximum atomic E-state index is 11.0. The minimum Gasteiger partial charge on any atom is -0.477 e. The van der Waals surface area contributed by atoms with Crippen molar-refractivity contribution in [2.75, 3.05) is 4.72 Å². The summed E-state index contributed by atoms with van der Waals surface area (Å²) in [4.78, 5) is 12.4. The Kier molecular flexibility index (Phi) is 4.05. The number of aromatic carboxylic acids is 1. The zero-order valence-electron chi connectivity index (χ0n) is 10.7. The van der Waals surface area contributed by atoms with E-state index < -0.39 is 5.97 Å². The molecule has 2 N–H and O–H groups in total. The first-order valence-corrected chi connectivity index (χ1v) is 8.08. The zero-order chi connectivity index (χ0) is 14.8. The van der Waals surface area contributed by atoms with Gasteiger partial charge in [0.15, 0.2) is 0 Å². The molecule has 0 bridgehead atoms. The molecule has 6 heteroatoms.